The van der Waals surface area contributed by atoms with Crippen LogP contribution in [-0.2, 0) is 9.59 Å². The molecule has 0 bridgehead atoms. The first kappa shape index (κ1) is 23.7. The summed E-state index contributed by atoms with van der Waals surface area (Å²) in [6.07, 6.45) is 6.47. The average Bonchev–Trinajstić information content (AvgIpc) is 3.12. The van der Waals surface area contributed by atoms with Gasteiger partial charge in [0.25, 0.3) is 0 Å². The van der Waals surface area contributed by atoms with Gasteiger partial charge in [0.15, 0.2) is 0 Å². The molecule has 1 aromatic rings. The first-order valence-corrected chi connectivity index (χ1v) is 9.31. The minimum atomic E-state index is -0.168. The molecular weight excluding hydrogens is 387 g/mol. The number of piperidine rings is 1. The normalized spacial score (nSPS) is 24.5. The van der Waals surface area contributed by atoms with Gasteiger partial charge in [-0.2, -0.15) is 0 Å². The number of carbonyl (C=O) groups excluding carboxylic acids is 2. The molecule has 0 aromatic carbocycles. The van der Waals surface area contributed by atoms with Crippen LogP contribution in [0.4, 0.5) is 5.82 Å². The molecule has 2 fully saturated rings. The summed E-state index contributed by atoms with van der Waals surface area (Å²) < 4.78 is 0. The molecule has 2 heterocycles. The molecule has 0 radical (unpaired) electrons. The molecule has 1 aliphatic carbocycles. The zero-order valence-electron chi connectivity index (χ0n) is 15.7. The summed E-state index contributed by atoms with van der Waals surface area (Å²) in [6.45, 7) is 3.79. The highest BCUT2D eigenvalue weighted by Gasteiger charge is 2.37. The van der Waals surface area contributed by atoms with Crippen LogP contribution in [0.25, 0.3) is 0 Å². The maximum Gasteiger partial charge on any atom is 0.230 e. The lowest BCUT2D eigenvalue weighted by Gasteiger charge is -2.34. The van der Waals surface area contributed by atoms with Gasteiger partial charge in [-0.1, -0.05) is 12.5 Å². The van der Waals surface area contributed by atoms with E-state index in [1.807, 2.05) is 24.0 Å². The van der Waals surface area contributed by atoms with Crippen LogP contribution in [0, 0.1) is 24.7 Å². The van der Waals surface area contributed by atoms with E-state index in [4.69, 9.17) is 5.73 Å². The van der Waals surface area contributed by atoms with Crippen molar-refractivity contribution in [1.29, 1.82) is 0 Å². The highest BCUT2D eigenvalue weighted by Crippen LogP contribution is 2.33. The van der Waals surface area contributed by atoms with Gasteiger partial charge in [0.05, 0.1) is 5.92 Å². The van der Waals surface area contributed by atoms with Crippen LogP contribution in [0.2, 0.25) is 0 Å². The van der Waals surface area contributed by atoms with Crippen LogP contribution in [-0.4, -0.2) is 41.3 Å². The van der Waals surface area contributed by atoms with Gasteiger partial charge in [-0.05, 0) is 56.7 Å². The lowest BCUT2D eigenvalue weighted by atomic mass is 9.91. The second kappa shape index (κ2) is 10.8. The Morgan fingerprint density at radius 1 is 1.22 bits per heavy atom. The van der Waals surface area contributed by atoms with Crippen molar-refractivity contribution in [3.63, 3.8) is 0 Å². The number of hydrogen-bond donors (Lipinski definition) is 2. The highest BCUT2D eigenvalue weighted by molar-refractivity contribution is 5.92. The van der Waals surface area contributed by atoms with Gasteiger partial charge in [0.2, 0.25) is 11.8 Å². The van der Waals surface area contributed by atoms with E-state index in [0.29, 0.717) is 24.8 Å². The number of aryl methyl sites for hydroxylation is 1. The third-order valence-electron chi connectivity index (χ3n) is 5.55. The molecule has 8 heteroatoms. The lowest BCUT2D eigenvalue weighted by Crippen LogP contribution is -2.47. The summed E-state index contributed by atoms with van der Waals surface area (Å²) >= 11 is 0. The molecule has 152 valence electrons. The minimum Gasteiger partial charge on any atom is -0.342 e. The number of halogens is 2. The van der Waals surface area contributed by atoms with Crippen LogP contribution in [0.3, 0.4) is 0 Å². The minimum absolute atomic E-state index is 0. The summed E-state index contributed by atoms with van der Waals surface area (Å²) in [5, 5.41) is 2.88. The van der Waals surface area contributed by atoms with E-state index in [-0.39, 0.29) is 48.5 Å². The molecule has 3 atom stereocenters. The zero-order chi connectivity index (χ0) is 17.8. The van der Waals surface area contributed by atoms with Crippen molar-refractivity contribution in [1.82, 2.24) is 9.88 Å². The molecule has 1 saturated carbocycles. The topological polar surface area (TPSA) is 88.3 Å². The molecule has 1 unspecified atom stereocenters. The second-order valence-electron chi connectivity index (χ2n) is 7.37. The van der Waals surface area contributed by atoms with Crippen molar-refractivity contribution in [3.8, 4) is 0 Å². The van der Waals surface area contributed by atoms with Crippen LogP contribution in [0.5, 0.6) is 0 Å². The number of hydrogen-bond acceptors (Lipinski definition) is 4. The fourth-order valence-electron chi connectivity index (χ4n) is 4.04. The standard InChI is InChI=1S/C19H28N4O2.2ClH/c1-13-7-8-17(21-11-13)22-18(24)15-5-3-9-23(12-15)19(25)16-6-2-4-14(16)10-20;;/h7-8,11,14-16H,2-6,9-10,12,20H2,1H3,(H,21,22,24);2*1H/t14-,15?,16-;;/m1../s1. The zero-order valence-corrected chi connectivity index (χ0v) is 17.4. The van der Waals surface area contributed by atoms with E-state index in [1.54, 1.807) is 6.20 Å². The second-order valence-corrected chi connectivity index (χ2v) is 7.37. The van der Waals surface area contributed by atoms with Gasteiger partial charge in [0, 0.05) is 25.2 Å². The Balaban J connectivity index is 0.00000182. The van der Waals surface area contributed by atoms with Crippen molar-refractivity contribution < 1.29 is 9.59 Å². The van der Waals surface area contributed by atoms with Gasteiger partial charge in [-0.15, -0.1) is 24.8 Å². The van der Waals surface area contributed by atoms with Crippen LogP contribution in [0.1, 0.15) is 37.7 Å². The van der Waals surface area contributed by atoms with Gasteiger partial charge >= 0.3 is 0 Å². The van der Waals surface area contributed by atoms with Gasteiger partial charge < -0.3 is 16.0 Å². The Kier molecular flexibility index (Phi) is 9.50. The molecule has 3 rings (SSSR count). The quantitative estimate of drug-likeness (QED) is 0.789. The van der Waals surface area contributed by atoms with Crippen molar-refractivity contribution >= 4 is 42.4 Å². The van der Waals surface area contributed by atoms with E-state index in [2.05, 4.69) is 10.3 Å². The number of nitrogens with two attached hydrogens (primary N) is 1. The smallest absolute Gasteiger partial charge is 0.230 e. The largest absolute Gasteiger partial charge is 0.342 e. The number of anilines is 1. The van der Waals surface area contributed by atoms with E-state index in [0.717, 1.165) is 44.2 Å². The van der Waals surface area contributed by atoms with Crippen LogP contribution < -0.4 is 11.1 Å². The van der Waals surface area contributed by atoms with Crippen molar-refractivity contribution in [3.05, 3.63) is 23.9 Å². The molecular formula is C19H30Cl2N4O2. The van der Waals surface area contributed by atoms with Gasteiger partial charge in [-0.3, -0.25) is 9.59 Å². The molecule has 1 saturated heterocycles. The van der Waals surface area contributed by atoms with Crippen molar-refractivity contribution in [2.75, 3.05) is 25.0 Å². The molecule has 3 N–H and O–H groups in total. The van der Waals surface area contributed by atoms with Crippen molar-refractivity contribution in [2.45, 2.75) is 39.0 Å². The Labute approximate surface area is 173 Å². The maximum absolute atomic E-state index is 12.9. The van der Waals surface area contributed by atoms with E-state index < -0.39 is 0 Å². The number of nitrogens with zero attached hydrogens (tertiary/aromatic N) is 2. The van der Waals surface area contributed by atoms with E-state index in [1.165, 1.54) is 0 Å². The van der Waals surface area contributed by atoms with Crippen molar-refractivity contribution in [2.24, 2.45) is 23.5 Å². The highest BCUT2D eigenvalue weighted by atomic mass is 35.5. The number of pyridine rings is 1. The summed E-state index contributed by atoms with van der Waals surface area (Å²) in [7, 11) is 0. The number of rotatable bonds is 4. The van der Waals surface area contributed by atoms with Gasteiger partial charge in [-0.25, -0.2) is 4.98 Å². The third kappa shape index (κ3) is 5.80. The SMILES string of the molecule is Cc1ccc(NC(=O)C2CCCN(C(=O)[C@@H]3CCC[C@@H]3CN)C2)nc1.Cl.Cl. The fourth-order valence-corrected chi connectivity index (χ4v) is 4.04. The van der Waals surface area contributed by atoms with Crippen LogP contribution >= 0.6 is 24.8 Å². The number of aromatic nitrogens is 1. The maximum atomic E-state index is 12.9. The van der Waals surface area contributed by atoms with E-state index >= 15 is 0 Å². The first-order valence-electron chi connectivity index (χ1n) is 9.31. The fraction of sp³-hybridized carbons (Fsp3) is 0.632. The number of nitrogens with one attached hydrogen (secondary N) is 1. The molecule has 6 nitrogen and oxygen atoms in total. The Bertz CT molecular complexity index is 627. The Morgan fingerprint density at radius 2 is 2.00 bits per heavy atom. The van der Waals surface area contributed by atoms with Gasteiger partial charge in [0.1, 0.15) is 5.82 Å². The summed E-state index contributed by atoms with van der Waals surface area (Å²) in [6, 6.07) is 3.73. The molecule has 0 spiro atoms. The predicted octanol–water partition coefficient (Wildman–Crippen LogP) is 2.79. The third-order valence-corrected chi connectivity index (χ3v) is 5.55. The monoisotopic (exact) mass is 416 g/mol. The first-order chi connectivity index (χ1) is 12.1. The molecule has 1 aromatic heterocycles. The molecule has 2 aliphatic rings. The molecule has 2 amide bonds. The summed E-state index contributed by atoms with van der Waals surface area (Å²) in [4.78, 5) is 31.5. The molecule has 27 heavy (non-hydrogen) atoms. The lowest BCUT2D eigenvalue weighted by molar-refractivity contribution is -0.139. The number of carbonyl (C=O) groups is 2. The van der Waals surface area contributed by atoms with Crippen LogP contribution in [0.15, 0.2) is 18.3 Å². The summed E-state index contributed by atoms with van der Waals surface area (Å²) in [5.74, 6) is 0.898. The predicted molar refractivity (Wildman–Crippen MR) is 111 cm³/mol. The summed E-state index contributed by atoms with van der Waals surface area (Å²) in [5.41, 5.74) is 6.88. The molecule has 1 aliphatic heterocycles. The average molecular weight is 417 g/mol. The Hall–Kier alpha value is -1.37. The van der Waals surface area contributed by atoms with E-state index in [9.17, 15) is 9.59 Å². The number of likely N-dealkylation sites (tertiary alicyclic amines) is 1. The number of amides is 2. The Morgan fingerprint density at radius 3 is 2.67 bits per heavy atom.